The zero-order valence-corrected chi connectivity index (χ0v) is 8.52. The van der Waals surface area contributed by atoms with E-state index in [-0.39, 0.29) is 13.0 Å². The first-order valence-corrected chi connectivity index (χ1v) is 4.66. The van der Waals surface area contributed by atoms with E-state index in [0.29, 0.717) is 6.42 Å². The lowest BCUT2D eigenvalue weighted by Gasteiger charge is -2.24. The van der Waals surface area contributed by atoms with Gasteiger partial charge >= 0.3 is 0 Å². The minimum atomic E-state index is -2.98. The van der Waals surface area contributed by atoms with E-state index in [1.165, 1.54) is 0 Å². The molecule has 15 heavy (non-hydrogen) atoms. The molecule has 0 rings (SSSR count). The van der Waals surface area contributed by atoms with Crippen LogP contribution in [0.4, 0.5) is 8.78 Å². The number of carbonyl (C=O) groups is 1. The van der Waals surface area contributed by atoms with Crippen LogP contribution in [0.25, 0.3) is 5.73 Å². The second kappa shape index (κ2) is 6.30. The van der Waals surface area contributed by atoms with Gasteiger partial charge in [0.15, 0.2) is 0 Å². The first-order valence-electron chi connectivity index (χ1n) is 4.66. The molecule has 1 atom stereocenters. The molecule has 6 heteroatoms. The predicted octanol–water partition coefficient (Wildman–Crippen LogP) is 1.87. The fraction of sp³-hybridized carbons (Fsp3) is 0.778. The number of amides is 1. The number of rotatable bonds is 6. The molecule has 0 saturated carbocycles. The highest BCUT2D eigenvalue weighted by molar-refractivity contribution is 5.83. The van der Waals surface area contributed by atoms with Crippen LogP contribution in [0.15, 0.2) is 0 Å². The van der Waals surface area contributed by atoms with Gasteiger partial charge in [-0.2, -0.15) is 5.26 Å². The minimum absolute atomic E-state index is 0.256. The van der Waals surface area contributed by atoms with Crippen LogP contribution in [0.1, 0.15) is 26.2 Å². The van der Waals surface area contributed by atoms with Crippen LogP contribution in [0.2, 0.25) is 0 Å². The Morgan fingerprint density at radius 2 is 2.27 bits per heavy atom. The average molecular weight is 218 g/mol. The van der Waals surface area contributed by atoms with Gasteiger partial charge in [0.25, 0.3) is 0 Å². The molecule has 0 aromatic heterocycles. The van der Waals surface area contributed by atoms with Crippen molar-refractivity contribution in [2.45, 2.75) is 38.2 Å². The van der Waals surface area contributed by atoms with Crippen LogP contribution in [0.3, 0.4) is 0 Å². The van der Waals surface area contributed by atoms with Gasteiger partial charge in [-0.15, -0.1) is 0 Å². The van der Waals surface area contributed by atoms with Crippen molar-refractivity contribution in [2.24, 2.45) is 0 Å². The summed E-state index contributed by atoms with van der Waals surface area (Å²) in [5.41, 5.74) is 7.19. The number of alkyl halides is 2. The van der Waals surface area contributed by atoms with Crippen LogP contribution in [0.5, 0.6) is 0 Å². The van der Waals surface area contributed by atoms with Gasteiger partial charge in [0.1, 0.15) is 6.54 Å². The van der Waals surface area contributed by atoms with Gasteiger partial charge < -0.3 is 11.1 Å². The molecule has 0 spiro atoms. The van der Waals surface area contributed by atoms with E-state index in [9.17, 15) is 13.6 Å². The van der Waals surface area contributed by atoms with Crippen molar-refractivity contribution in [2.75, 3.05) is 6.54 Å². The number of hydrogen-bond donors (Lipinski definition) is 1. The van der Waals surface area contributed by atoms with E-state index in [1.54, 1.807) is 13.0 Å². The molecule has 0 aromatic rings. The number of halogens is 2. The molecule has 0 aliphatic heterocycles. The Balaban J connectivity index is 4.06. The lowest BCUT2D eigenvalue weighted by molar-refractivity contribution is -0.123. The molecule has 0 radical (unpaired) electrons. The van der Waals surface area contributed by atoms with Gasteiger partial charge in [-0.25, -0.2) is 8.78 Å². The van der Waals surface area contributed by atoms with Crippen molar-refractivity contribution < 1.29 is 13.6 Å². The standard InChI is InChI=1S/C9H14F2N3O/c1-2-3-9(10,11)6-7(13)8(15)14-5-4-12/h7,13H,2-3,5-6H2,1H3,(H,14,15)/q-1/t7-/m0/s1. The second-order valence-corrected chi connectivity index (χ2v) is 3.24. The monoisotopic (exact) mass is 218 g/mol. The Bertz CT molecular complexity index is 250. The third kappa shape index (κ3) is 5.96. The van der Waals surface area contributed by atoms with E-state index in [1.807, 2.05) is 0 Å². The molecule has 0 saturated heterocycles. The third-order valence-electron chi connectivity index (χ3n) is 1.78. The molecule has 1 amide bonds. The molecule has 0 fully saturated rings. The van der Waals surface area contributed by atoms with Gasteiger partial charge in [0.2, 0.25) is 11.8 Å². The quantitative estimate of drug-likeness (QED) is 0.691. The lowest BCUT2D eigenvalue weighted by Crippen LogP contribution is -2.36. The smallest absolute Gasteiger partial charge is 0.247 e. The number of carbonyl (C=O) groups excluding carboxylic acids is 1. The fourth-order valence-corrected chi connectivity index (χ4v) is 1.11. The Kier molecular flexibility index (Phi) is 5.79. The van der Waals surface area contributed by atoms with Gasteiger partial charge in [0, 0.05) is 12.8 Å². The van der Waals surface area contributed by atoms with Crippen molar-refractivity contribution in [3.05, 3.63) is 5.73 Å². The highest BCUT2D eigenvalue weighted by atomic mass is 19.3. The molecule has 0 aliphatic carbocycles. The van der Waals surface area contributed by atoms with Crippen molar-refractivity contribution in [1.29, 1.82) is 5.26 Å². The van der Waals surface area contributed by atoms with Crippen LogP contribution in [-0.4, -0.2) is 24.4 Å². The summed E-state index contributed by atoms with van der Waals surface area (Å²) >= 11 is 0. The summed E-state index contributed by atoms with van der Waals surface area (Å²) < 4.78 is 26.0. The van der Waals surface area contributed by atoms with Crippen molar-refractivity contribution in [3.8, 4) is 6.07 Å². The van der Waals surface area contributed by atoms with Gasteiger partial charge in [0.05, 0.1) is 6.07 Å². The van der Waals surface area contributed by atoms with Crippen molar-refractivity contribution in [3.63, 3.8) is 0 Å². The predicted molar refractivity (Wildman–Crippen MR) is 51.2 cm³/mol. The molecule has 0 aliphatic rings. The summed E-state index contributed by atoms with van der Waals surface area (Å²) in [4.78, 5) is 11.0. The molecule has 0 heterocycles. The molecule has 0 aromatic carbocycles. The largest absolute Gasteiger partial charge is 0.667 e. The summed E-state index contributed by atoms with van der Waals surface area (Å²) in [7, 11) is 0. The molecule has 86 valence electrons. The summed E-state index contributed by atoms with van der Waals surface area (Å²) in [5.74, 6) is -3.81. The van der Waals surface area contributed by atoms with Gasteiger partial charge in [-0.1, -0.05) is 19.4 Å². The normalized spacial score (nSPS) is 13.0. The summed E-state index contributed by atoms with van der Waals surface area (Å²) in [6.45, 7) is 1.36. The molecular weight excluding hydrogens is 204 g/mol. The molecule has 2 N–H and O–H groups in total. The maximum Gasteiger partial charge on any atom is 0.247 e. The maximum atomic E-state index is 13.0. The Morgan fingerprint density at radius 3 is 2.73 bits per heavy atom. The molecule has 4 nitrogen and oxygen atoms in total. The Hall–Kier alpha value is -1.22. The Labute approximate surface area is 87.4 Å². The zero-order valence-electron chi connectivity index (χ0n) is 8.52. The van der Waals surface area contributed by atoms with Crippen LogP contribution >= 0.6 is 0 Å². The topological polar surface area (TPSA) is 76.7 Å². The summed E-state index contributed by atoms with van der Waals surface area (Å²) in [6, 6.07) is 0.125. The van der Waals surface area contributed by atoms with Crippen molar-refractivity contribution in [1.82, 2.24) is 5.32 Å². The summed E-state index contributed by atoms with van der Waals surface area (Å²) in [6.07, 6.45) is -0.814. The molecule has 0 unspecified atom stereocenters. The zero-order chi connectivity index (χ0) is 11.9. The number of nitrogens with zero attached hydrogens (tertiary/aromatic N) is 1. The lowest BCUT2D eigenvalue weighted by atomic mass is 10.0. The van der Waals surface area contributed by atoms with Crippen LogP contribution in [0, 0.1) is 11.3 Å². The van der Waals surface area contributed by atoms with E-state index < -0.39 is 24.3 Å². The first kappa shape index (κ1) is 13.8. The summed E-state index contributed by atoms with van der Waals surface area (Å²) in [5, 5.41) is 10.2. The van der Waals surface area contributed by atoms with Gasteiger partial charge in [-0.05, 0) is 0 Å². The molecular formula is C9H14F2N3O-. The minimum Gasteiger partial charge on any atom is -0.667 e. The Morgan fingerprint density at radius 1 is 1.67 bits per heavy atom. The average Bonchev–Trinajstić information content (AvgIpc) is 2.13. The number of nitriles is 1. The second-order valence-electron chi connectivity index (χ2n) is 3.24. The van der Waals surface area contributed by atoms with E-state index in [2.05, 4.69) is 5.32 Å². The van der Waals surface area contributed by atoms with E-state index in [0.717, 1.165) is 0 Å². The van der Waals surface area contributed by atoms with E-state index >= 15 is 0 Å². The first-order chi connectivity index (χ1) is 6.93. The SMILES string of the molecule is CCCC(F)(F)C[C@H]([NH-])C(=O)NCC#N. The fourth-order valence-electron chi connectivity index (χ4n) is 1.11. The van der Waals surface area contributed by atoms with Crippen LogP contribution in [-0.2, 0) is 4.79 Å². The number of hydrogen-bond acceptors (Lipinski definition) is 2. The van der Waals surface area contributed by atoms with Crippen LogP contribution < -0.4 is 5.32 Å². The highest BCUT2D eigenvalue weighted by Gasteiger charge is 2.29. The van der Waals surface area contributed by atoms with E-state index in [4.69, 9.17) is 11.0 Å². The molecule has 0 bridgehead atoms. The number of nitrogens with one attached hydrogen (secondary N) is 2. The third-order valence-corrected chi connectivity index (χ3v) is 1.78. The maximum absolute atomic E-state index is 13.0. The van der Waals surface area contributed by atoms with Crippen molar-refractivity contribution >= 4 is 5.91 Å². The highest BCUT2D eigenvalue weighted by Crippen LogP contribution is 2.26. The van der Waals surface area contributed by atoms with Gasteiger partial charge in [-0.3, -0.25) is 4.79 Å².